The third-order valence-electron chi connectivity index (χ3n) is 16.7. The van der Waals surface area contributed by atoms with E-state index in [-0.39, 0.29) is 29.1 Å². The lowest BCUT2D eigenvalue weighted by Gasteiger charge is -2.58. The second-order valence-electron chi connectivity index (χ2n) is 20.9. The summed E-state index contributed by atoms with van der Waals surface area (Å²) >= 11 is 5.57. The molecule has 0 saturated heterocycles. The number of benzene rings is 3. The summed E-state index contributed by atoms with van der Waals surface area (Å²) in [4.78, 5) is 26.4. The number of fused-ring (bicyclic) bond motifs is 11. The SMILES string of the molecule is CC(C)CCC[C@@H](C)[C@H]1CC[C@H]2C3CC=C4C[C@@H](OC(=O)NCCNCCNC(=S)Nc5ccc6c(c5)C(=O)OC65c6ccc(O)cc6Oc6cc(O)ccc65)CC[C@]4(C)[C@H]3CC[C@]12C. The average molecular weight is 905 g/mol. The summed E-state index contributed by atoms with van der Waals surface area (Å²) in [5.74, 6) is 4.99. The van der Waals surface area contributed by atoms with Gasteiger partial charge in [-0.3, -0.25) is 0 Å². The molecule has 0 radical (unpaired) electrons. The fraction of sp³-hybridized carbons (Fsp3) is 0.566. The predicted octanol–water partition coefficient (Wildman–Crippen LogP) is 10.7. The van der Waals surface area contributed by atoms with Gasteiger partial charge in [0, 0.05) is 67.1 Å². The van der Waals surface area contributed by atoms with Crippen molar-refractivity contribution in [1.82, 2.24) is 16.0 Å². The van der Waals surface area contributed by atoms with Gasteiger partial charge in [-0.05, 0) is 140 Å². The fourth-order valence-electron chi connectivity index (χ4n) is 13.5. The number of carbonyl (C=O) groups is 2. The first kappa shape index (κ1) is 45.4. The zero-order valence-electron chi connectivity index (χ0n) is 38.8. The Morgan fingerprint density at radius 1 is 0.846 bits per heavy atom. The molecule has 6 aliphatic rings. The van der Waals surface area contributed by atoms with Crippen molar-refractivity contribution in [2.24, 2.45) is 46.3 Å². The summed E-state index contributed by atoms with van der Waals surface area (Å²) in [6.45, 7) is 14.6. The summed E-state index contributed by atoms with van der Waals surface area (Å²) in [7, 11) is 0. The molecule has 0 aromatic heterocycles. The minimum Gasteiger partial charge on any atom is -0.508 e. The van der Waals surface area contributed by atoms with Gasteiger partial charge < -0.3 is 45.7 Å². The van der Waals surface area contributed by atoms with E-state index in [1.807, 2.05) is 12.1 Å². The van der Waals surface area contributed by atoms with E-state index in [1.54, 1.807) is 18.2 Å². The van der Waals surface area contributed by atoms with E-state index in [1.165, 1.54) is 81.2 Å². The van der Waals surface area contributed by atoms with Gasteiger partial charge in [-0.15, -0.1) is 0 Å². The maximum absolute atomic E-state index is 13.5. The lowest BCUT2D eigenvalue weighted by atomic mass is 9.47. The van der Waals surface area contributed by atoms with Crippen LogP contribution in [-0.2, 0) is 15.1 Å². The molecule has 6 N–H and O–H groups in total. The van der Waals surface area contributed by atoms with Crippen LogP contribution >= 0.6 is 12.2 Å². The van der Waals surface area contributed by atoms with E-state index in [0.29, 0.717) is 76.1 Å². The molecule has 2 aliphatic heterocycles. The number of aromatic hydroxyl groups is 2. The van der Waals surface area contributed by atoms with Crippen molar-refractivity contribution in [3.63, 3.8) is 0 Å². The number of thiocarbonyl (C=S) groups is 1. The molecule has 0 bridgehead atoms. The summed E-state index contributed by atoms with van der Waals surface area (Å²) < 4.78 is 18.2. The van der Waals surface area contributed by atoms with Crippen molar-refractivity contribution in [2.45, 2.75) is 117 Å². The number of nitrogens with one attached hydrogen (secondary N) is 4. The smallest absolute Gasteiger partial charge is 0.407 e. The molecule has 348 valence electrons. The number of phenolic OH excluding ortho intramolecular Hbond substituents is 2. The summed E-state index contributed by atoms with van der Waals surface area (Å²) in [6.07, 6.45) is 15.9. The summed E-state index contributed by atoms with van der Waals surface area (Å²) in [5, 5.41) is 33.4. The molecule has 3 saturated carbocycles. The first-order valence-corrected chi connectivity index (χ1v) is 24.7. The van der Waals surface area contributed by atoms with Gasteiger partial charge in [-0.2, -0.15) is 0 Å². The topological polar surface area (TPSA) is 150 Å². The van der Waals surface area contributed by atoms with E-state index >= 15 is 0 Å². The number of alkyl carbamates (subject to hydrolysis) is 1. The quantitative estimate of drug-likeness (QED) is 0.0421. The van der Waals surface area contributed by atoms with Gasteiger partial charge in [0.2, 0.25) is 0 Å². The maximum Gasteiger partial charge on any atom is 0.407 e. The molecule has 65 heavy (non-hydrogen) atoms. The van der Waals surface area contributed by atoms with E-state index in [0.717, 1.165) is 54.8 Å². The summed E-state index contributed by atoms with van der Waals surface area (Å²) in [5.41, 5.74) is 3.62. The Morgan fingerprint density at radius 2 is 1.55 bits per heavy atom. The van der Waals surface area contributed by atoms with E-state index < -0.39 is 11.6 Å². The highest BCUT2D eigenvalue weighted by Crippen LogP contribution is 2.67. The average Bonchev–Trinajstić information content (AvgIpc) is 3.76. The number of esters is 1. The fourth-order valence-corrected chi connectivity index (χ4v) is 13.8. The Bertz CT molecular complexity index is 2300. The molecule has 3 fully saturated rings. The summed E-state index contributed by atoms with van der Waals surface area (Å²) in [6, 6.07) is 14.7. The lowest BCUT2D eigenvalue weighted by molar-refractivity contribution is -0.0581. The molecule has 4 aliphatic carbocycles. The number of anilines is 1. The number of allylic oxidation sites excluding steroid dienone is 1. The second-order valence-corrected chi connectivity index (χ2v) is 21.3. The minimum absolute atomic E-state index is 0.00309. The van der Waals surface area contributed by atoms with Crippen molar-refractivity contribution in [2.75, 3.05) is 31.5 Å². The number of phenols is 2. The van der Waals surface area contributed by atoms with Crippen LogP contribution in [0, 0.1) is 46.3 Å². The van der Waals surface area contributed by atoms with Crippen LogP contribution in [0.5, 0.6) is 23.0 Å². The minimum atomic E-state index is -1.33. The Hall–Kier alpha value is -4.81. The molecular formula is C53H68N4O7S. The monoisotopic (exact) mass is 904 g/mol. The first-order valence-electron chi connectivity index (χ1n) is 24.3. The number of amides is 1. The predicted molar refractivity (Wildman–Crippen MR) is 256 cm³/mol. The molecule has 1 amide bonds. The van der Waals surface area contributed by atoms with Crippen LogP contribution in [0.25, 0.3) is 0 Å². The Kier molecular flexibility index (Phi) is 12.6. The Balaban J connectivity index is 0.702. The number of hydrogen-bond acceptors (Lipinski definition) is 9. The van der Waals surface area contributed by atoms with Crippen molar-refractivity contribution in [3.8, 4) is 23.0 Å². The molecule has 2 heterocycles. The standard InChI is InChI=1S/C53H68N4O7S/c1-31(2)7-6-8-32(3)40-17-18-41-38-13-9-33-27-37(19-21-51(33,4)42(38)20-22-52(40,41)5)62-50(61)56-26-24-54-23-25-55-49(65)57-34-10-14-43-39(28-34)48(60)64-53(43)44-15-11-35(58)29-46(44)63-47-30-36(59)12-16-45(47)53/h9-12,14-16,28-32,37-38,40-42,54,58-59H,6-8,13,17-27H2,1-5H3,(H,56,61)(H2,55,57,65)/t32-,37+,38?,40-,41+,42+,51+,52-/m1/s1. The number of carbonyl (C=O) groups excluding carboxylic acids is 2. The van der Waals surface area contributed by atoms with Crippen molar-refractivity contribution in [3.05, 3.63) is 88.5 Å². The normalized spacial score (nSPS) is 28.2. The lowest BCUT2D eigenvalue weighted by Crippen LogP contribution is -2.51. The molecule has 1 spiro atoms. The van der Waals surface area contributed by atoms with Gasteiger partial charge >= 0.3 is 12.1 Å². The molecule has 12 heteroatoms. The molecule has 9 rings (SSSR count). The van der Waals surface area contributed by atoms with Gasteiger partial charge in [0.25, 0.3) is 0 Å². The second kappa shape index (κ2) is 18.1. The highest BCUT2D eigenvalue weighted by atomic mass is 32.1. The van der Waals surface area contributed by atoms with Crippen LogP contribution < -0.4 is 26.0 Å². The number of hydrogen-bond donors (Lipinski definition) is 6. The zero-order chi connectivity index (χ0) is 45.7. The Morgan fingerprint density at radius 3 is 2.28 bits per heavy atom. The van der Waals surface area contributed by atoms with Crippen LogP contribution in [0.1, 0.15) is 132 Å². The third kappa shape index (κ3) is 8.47. The van der Waals surface area contributed by atoms with E-state index in [4.69, 9.17) is 26.4 Å². The highest BCUT2D eigenvalue weighted by molar-refractivity contribution is 7.80. The van der Waals surface area contributed by atoms with E-state index in [2.05, 4.69) is 62.0 Å². The third-order valence-corrected chi connectivity index (χ3v) is 17.0. The highest BCUT2D eigenvalue weighted by Gasteiger charge is 2.59. The van der Waals surface area contributed by atoms with Crippen LogP contribution in [-0.4, -0.2) is 59.7 Å². The van der Waals surface area contributed by atoms with Crippen molar-refractivity contribution >= 4 is 35.1 Å². The van der Waals surface area contributed by atoms with Gasteiger partial charge in [0.15, 0.2) is 10.7 Å². The molecule has 3 aromatic carbocycles. The van der Waals surface area contributed by atoms with Crippen molar-refractivity contribution in [1.29, 1.82) is 0 Å². The molecule has 11 nitrogen and oxygen atoms in total. The maximum atomic E-state index is 13.5. The molecule has 1 unspecified atom stereocenters. The van der Waals surface area contributed by atoms with Crippen LogP contribution in [0.4, 0.5) is 10.5 Å². The number of rotatable bonds is 13. The first-order chi connectivity index (χ1) is 31.2. The molecular weight excluding hydrogens is 837 g/mol. The Labute approximate surface area is 389 Å². The zero-order valence-corrected chi connectivity index (χ0v) is 39.6. The van der Waals surface area contributed by atoms with Crippen LogP contribution in [0.3, 0.4) is 0 Å². The molecule has 3 aromatic rings. The largest absolute Gasteiger partial charge is 0.508 e. The van der Waals surface area contributed by atoms with Gasteiger partial charge in [0.1, 0.15) is 29.1 Å². The van der Waals surface area contributed by atoms with Crippen LogP contribution in [0.15, 0.2) is 66.2 Å². The van der Waals surface area contributed by atoms with Gasteiger partial charge in [-0.1, -0.05) is 71.6 Å². The molecule has 8 atom stereocenters. The van der Waals surface area contributed by atoms with E-state index in [9.17, 15) is 19.8 Å². The van der Waals surface area contributed by atoms with Gasteiger partial charge in [0.05, 0.1) is 5.56 Å². The van der Waals surface area contributed by atoms with Crippen LogP contribution in [0.2, 0.25) is 0 Å². The van der Waals surface area contributed by atoms with Gasteiger partial charge in [-0.25, -0.2) is 9.59 Å². The number of ether oxygens (including phenoxy) is 3. The van der Waals surface area contributed by atoms with Crippen molar-refractivity contribution < 1.29 is 34.0 Å².